The number of anilines is 1. The van der Waals surface area contributed by atoms with Gasteiger partial charge in [0.25, 0.3) is 5.91 Å². The third-order valence-corrected chi connectivity index (χ3v) is 6.91. The van der Waals surface area contributed by atoms with E-state index < -0.39 is 0 Å². The topological polar surface area (TPSA) is 61.4 Å². The van der Waals surface area contributed by atoms with Crippen LogP contribution in [0.5, 0.6) is 0 Å². The van der Waals surface area contributed by atoms with Gasteiger partial charge in [0.05, 0.1) is 4.88 Å². The number of thiophene rings is 1. The molecule has 0 unspecified atom stereocenters. The Morgan fingerprint density at radius 1 is 1.06 bits per heavy atom. The maximum absolute atomic E-state index is 12.7. The molecule has 0 bridgehead atoms. The standard InChI is InChI=1S/C25H26ClN3O2S/c1-17(30)27-21-7-5-18(6-8-21)16-29-13-11-22(12-14-29)28-25(31)24-10-9-23(32-24)19-3-2-4-20(26)15-19/h2-10,15,22H,11-14,16H2,1H3,(H,27,30)(H,28,31). The molecule has 0 atom stereocenters. The van der Waals surface area contributed by atoms with Crippen molar-refractivity contribution in [2.24, 2.45) is 0 Å². The summed E-state index contributed by atoms with van der Waals surface area (Å²) < 4.78 is 0. The lowest BCUT2D eigenvalue weighted by Gasteiger charge is -2.32. The summed E-state index contributed by atoms with van der Waals surface area (Å²) in [5, 5.41) is 6.68. The van der Waals surface area contributed by atoms with E-state index in [1.807, 2.05) is 60.7 Å². The fraction of sp³-hybridized carbons (Fsp3) is 0.280. The maximum atomic E-state index is 12.7. The number of hydrogen-bond donors (Lipinski definition) is 2. The summed E-state index contributed by atoms with van der Waals surface area (Å²) in [6.07, 6.45) is 1.87. The quantitative estimate of drug-likeness (QED) is 0.508. The Labute approximate surface area is 197 Å². The molecule has 1 aliphatic rings. The summed E-state index contributed by atoms with van der Waals surface area (Å²) >= 11 is 7.58. The van der Waals surface area contributed by atoms with Crippen LogP contribution in [0.2, 0.25) is 5.02 Å². The number of nitrogens with one attached hydrogen (secondary N) is 2. The highest BCUT2D eigenvalue weighted by atomic mass is 35.5. The first-order chi connectivity index (χ1) is 15.5. The summed E-state index contributed by atoms with van der Waals surface area (Å²) in [6, 6.07) is 19.7. The van der Waals surface area contributed by atoms with Crippen LogP contribution in [0.1, 0.15) is 35.0 Å². The van der Waals surface area contributed by atoms with Crippen LogP contribution in [-0.4, -0.2) is 35.8 Å². The number of halogens is 1. The lowest BCUT2D eigenvalue weighted by Crippen LogP contribution is -2.44. The lowest BCUT2D eigenvalue weighted by molar-refractivity contribution is -0.114. The number of carbonyl (C=O) groups is 2. The zero-order valence-electron chi connectivity index (χ0n) is 17.9. The molecular weight excluding hydrogens is 442 g/mol. The highest BCUT2D eigenvalue weighted by Crippen LogP contribution is 2.30. The van der Waals surface area contributed by atoms with Crippen LogP contribution < -0.4 is 10.6 Å². The molecule has 5 nitrogen and oxygen atoms in total. The highest BCUT2D eigenvalue weighted by molar-refractivity contribution is 7.17. The molecule has 1 fully saturated rings. The average molecular weight is 468 g/mol. The Morgan fingerprint density at radius 3 is 2.50 bits per heavy atom. The van der Waals surface area contributed by atoms with Crippen LogP contribution in [0.3, 0.4) is 0 Å². The SMILES string of the molecule is CC(=O)Nc1ccc(CN2CCC(NC(=O)c3ccc(-c4cccc(Cl)c4)s3)CC2)cc1. The van der Waals surface area contributed by atoms with Gasteiger partial charge in [-0.1, -0.05) is 35.9 Å². The van der Waals surface area contributed by atoms with Gasteiger partial charge in [0, 0.05) is 48.2 Å². The van der Waals surface area contributed by atoms with Gasteiger partial charge in [-0.3, -0.25) is 14.5 Å². The van der Waals surface area contributed by atoms with Crippen molar-refractivity contribution in [3.05, 3.63) is 76.1 Å². The van der Waals surface area contributed by atoms with Gasteiger partial charge >= 0.3 is 0 Å². The predicted molar refractivity (Wildman–Crippen MR) is 131 cm³/mol. The van der Waals surface area contributed by atoms with E-state index in [-0.39, 0.29) is 17.9 Å². The van der Waals surface area contributed by atoms with Crippen LogP contribution in [0.4, 0.5) is 5.69 Å². The molecule has 166 valence electrons. The second kappa shape index (κ2) is 10.3. The van der Waals surface area contributed by atoms with Gasteiger partial charge in [0.1, 0.15) is 0 Å². The van der Waals surface area contributed by atoms with E-state index in [1.165, 1.54) is 23.8 Å². The first kappa shape index (κ1) is 22.5. The number of benzene rings is 2. The second-order valence-corrected chi connectivity index (χ2v) is 9.60. The van der Waals surface area contributed by atoms with Crippen molar-refractivity contribution in [3.8, 4) is 10.4 Å². The van der Waals surface area contributed by atoms with Gasteiger partial charge < -0.3 is 10.6 Å². The fourth-order valence-corrected chi connectivity index (χ4v) is 5.00. The number of amides is 2. The van der Waals surface area contributed by atoms with E-state index >= 15 is 0 Å². The normalized spacial score (nSPS) is 14.8. The number of hydrogen-bond acceptors (Lipinski definition) is 4. The van der Waals surface area contributed by atoms with Crippen LogP contribution in [-0.2, 0) is 11.3 Å². The molecule has 0 aliphatic carbocycles. The van der Waals surface area contributed by atoms with Gasteiger partial charge in [-0.05, 0) is 60.4 Å². The van der Waals surface area contributed by atoms with E-state index in [9.17, 15) is 9.59 Å². The van der Waals surface area contributed by atoms with E-state index in [2.05, 4.69) is 15.5 Å². The highest BCUT2D eigenvalue weighted by Gasteiger charge is 2.22. The monoisotopic (exact) mass is 467 g/mol. The van der Waals surface area contributed by atoms with Gasteiger partial charge in [-0.2, -0.15) is 0 Å². The van der Waals surface area contributed by atoms with Gasteiger partial charge in [0.2, 0.25) is 5.91 Å². The van der Waals surface area contributed by atoms with Crippen molar-refractivity contribution in [2.45, 2.75) is 32.4 Å². The molecule has 0 radical (unpaired) electrons. The van der Waals surface area contributed by atoms with Crippen molar-refractivity contribution in [1.29, 1.82) is 0 Å². The fourth-order valence-electron chi connectivity index (χ4n) is 3.90. The van der Waals surface area contributed by atoms with E-state index in [0.29, 0.717) is 5.02 Å². The summed E-state index contributed by atoms with van der Waals surface area (Å²) in [5.74, 6) is -0.0691. The molecule has 0 spiro atoms. The largest absolute Gasteiger partial charge is 0.349 e. The van der Waals surface area contributed by atoms with Crippen LogP contribution in [0.25, 0.3) is 10.4 Å². The molecule has 0 saturated carbocycles. The number of rotatable bonds is 6. The summed E-state index contributed by atoms with van der Waals surface area (Å²) in [5.41, 5.74) is 3.06. The number of carbonyl (C=O) groups excluding carboxylic acids is 2. The smallest absolute Gasteiger partial charge is 0.261 e. The number of piperidine rings is 1. The van der Waals surface area contributed by atoms with Gasteiger partial charge in [-0.25, -0.2) is 0 Å². The Balaban J connectivity index is 1.26. The molecule has 2 amide bonds. The zero-order chi connectivity index (χ0) is 22.5. The van der Waals surface area contributed by atoms with Crippen LogP contribution >= 0.6 is 22.9 Å². The molecule has 1 aliphatic heterocycles. The second-order valence-electron chi connectivity index (χ2n) is 8.08. The molecule has 1 aromatic heterocycles. The van der Waals surface area contributed by atoms with Crippen molar-refractivity contribution < 1.29 is 9.59 Å². The predicted octanol–water partition coefficient (Wildman–Crippen LogP) is 5.42. The van der Waals surface area contributed by atoms with Gasteiger partial charge in [0.15, 0.2) is 0 Å². The third kappa shape index (κ3) is 5.97. The number of likely N-dealkylation sites (tertiary alicyclic amines) is 1. The van der Waals surface area contributed by atoms with Gasteiger partial charge in [-0.15, -0.1) is 11.3 Å². The number of nitrogens with zero attached hydrogens (tertiary/aromatic N) is 1. The Hall–Kier alpha value is -2.67. The van der Waals surface area contributed by atoms with E-state index in [1.54, 1.807) is 0 Å². The molecule has 4 rings (SSSR count). The maximum Gasteiger partial charge on any atom is 0.261 e. The van der Waals surface area contributed by atoms with Crippen molar-refractivity contribution in [1.82, 2.24) is 10.2 Å². The molecule has 32 heavy (non-hydrogen) atoms. The lowest BCUT2D eigenvalue weighted by atomic mass is 10.0. The minimum Gasteiger partial charge on any atom is -0.349 e. The first-order valence-electron chi connectivity index (χ1n) is 10.7. The minimum atomic E-state index is -0.0647. The molecular formula is C25H26ClN3O2S. The summed E-state index contributed by atoms with van der Waals surface area (Å²) in [6.45, 7) is 4.26. The summed E-state index contributed by atoms with van der Waals surface area (Å²) in [4.78, 5) is 28.0. The Bertz CT molecular complexity index is 1090. The van der Waals surface area contributed by atoms with Crippen molar-refractivity contribution in [2.75, 3.05) is 18.4 Å². The van der Waals surface area contributed by atoms with Crippen LogP contribution in [0.15, 0.2) is 60.7 Å². The molecule has 7 heteroatoms. The molecule has 2 heterocycles. The van der Waals surface area contributed by atoms with Crippen molar-refractivity contribution in [3.63, 3.8) is 0 Å². The average Bonchev–Trinajstić information content (AvgIpc) is 3.27. The molecule has 3 aromatic rings. The summed E-state index contributed by atoms with van der Waals surface area (Å²) in [7, 11) is 0. The molecule has 2 N–H and O–H groups in total. The van der Waals surface area contributed by atoms with E-state index in [0.717, 1.165) is 53.5 Å². The molecule has 1 saturated heterocycles. The van der Waals surface area contributed by atoms with Crippen LogP contribution in [0, 0.1) is 0 Å². The first-order valence-corrected chi connectivity index (χ1v) is 11.9. The Morgan fingerprint density at radius 2 is 1.81 bits per heavy atom. The van der Waals surface area contributed by atoms with E-state index in [4.69, 9.17) is 11.6 Å². The Kier molecular flexibility index (Phi) is 7.25. The minimum absolute atomic E-state index is 0.00436. The molecule has 2 aromatic carbocycles. The van der Waals surface area contributed by atoms with Crippen molar-refractivity contribution >= 4 is 40.4 Å². The third-order valence-electron chi connectivity index (χ3n) is 5.54. The zero-order valence-corrected chi connectivity index (χ0v) is 19.5.